The van der Waals surface area contributed by atoms with Crippen LogP contribution >= 0.6 is 0 Å². The van der Waals surface area contributed by atoms with Crippen LogP contribution in [0.3, 0.4) is 0 Å². The van der Waals surface area contributed by atoms with Crippen LogP contribution < -0.4 is 4.72 Å². The minimum Gasteiger partial charge on any atom is -0.453 e. The first-order valence-electron chi connectivity index (χ1n) is 10.4. The predicted octanol–water partition coefficient (Wildman–Crippen LogP) is 2.87. The Morgan fingerprint density at radius 1 is 1.00 bits per heavy atom. The van der Waals surface area contributed by atoms with Gasteiger partial charge in [0.2, 0.25) is 0 Å². The fourth-order valence-corrected chi connectivity index (χ4v) is 5.12. The molecule has 0 unspecified atom stereocenters. The summed E-state index contributed by atoms with van der Waals surface area (Å²) in [7, 11) is -2.56. The van der Waals surface area contributed by atoms with E-state index >= 15 is 0 Å². The lowest BCUT2D eigenvalue weighted by atomic mass is 10.1. The van der Waals surface area contributed by atoms with Crippen molar-refractivity contribution in [2.24, 2.45) is 0 Å². The van der Waals surface area contributed by atoms with Crippen LogP contribution in [0.25, 0.3) is 10.9 Å². The molecule has 4 rings (SSSR count). The third-order valence-corrected chi connectivity index (χ3v) is 7.00. The quantitative estimate of drug-likeness (QED) is 0.631. The van der Waals surface area contributed by atoms with Gasteiger partial charge < -0.3 is 14.5 Å². The zero-order valence-corrected chi connectivity index (χ0v) is 19.1. The molecule has 1 aliphatic heterocycles. The minimum absolute atomic E-state index is 0.0867. The average Bonchev–Trinajstić information content (AvgIpc) is 2.84. The number of aryl methyl sites for hydroxylation is 1. The fraction of sp³-hybridized carbons (Fsp3) is 0.261. The van der Waals surface area contributed by atoms with Crippen molar-refractivity contribution in [3.8, 4) is 0 Å². The number of rotatable bonds is 4. The lowest BCUT2D eigenvalue weighted by Gasteiger charge is -2.34. The zero-order valence-electron chi connectivity index (χ0n) is 18.3. The van der Waals surface area contributed by atoms with Crippen molar-refractivity contribution >= 4 is 38.6 Å². The number of ether oxygens (including phenoxy) is 1. The van der Waals surface area contributed by atoms with Gasteiger partial charge in [0.05, 0.1) is 18.3 Å². The molecular formula is C23H24N4O5S. The van der Waals surface area contributed by atoms with Gasteiger partial charge in [0.15, 0.2) is 0 Å². The molecule has 2 aromatic carbocycles. The van der Waals surface area contributed by atoms with Crippen molar-refractivity contribution in [1.82, 2.24) is 14.8 Å². The molecule has 2 amide bonds. The molecule has 9 nitrogen and oxygen atoms in total. The number of fused-ring (bicyclic) bond motifs is 1. The lowest BCUT2D eigenvalue weighted by Crippen LogP contribution is -2.50. The van der Waals surface area contributed by atoms with Crippen molar-refractivity contribution in [2.45, 2.75) is 11.8 Å². The van der Waals surface area contributed by atoms with Crippen molar-refractivity contribution in [3.05, 3.63) is 65.9 Å². The molecule has 1 aliphatic rings. The highest BCUT2D eigenvalue weighted by molar-refractivity contribution is 7.93. The van der Waals surface area contributed by atoms with Crippen LogP contribution in [-0.4, -0.2) is 68.5 Å². The molecule has 3 aromatic rings. The van der Waals surface area contributed by atoms with E-state index in [-0.39, 0.29) is 10.8 Å². The lowest BCUT2D eigenvalue weighted by molar-refractivity contribution is 0.0599. The number of anilines is 1. The van der Waals surface area contributed by atoms with Gasteiger partial charge >= 0.3 is 6.09 Å². The third-order valence-electron chi connectivity index (χ3n) is 5.60. The molecule has 2 heterocycles. The Bertz CT molecular complexity index is 1310. The zero-order chi connectivity index (χ0) is 23.6. The maximum atomic E-state index is 13.1. The second-order valence-corrected chi connectivity index (χ2v) is 9.37. The third kappa shape index (κ3) is 4.61. The highest BCUT2D eigenvalue weighted by Crippen LogP contribution is 2.25. The van der Waals surface area contributed by atoms with Gasteiger partial charge in [-0.25, -0.2) is 13.2 Å². The van der Waals surface area contributed by atoms with Crippen LogP contribution in [0.15, 0.2) is 59.6 Å². The molecule has 1 N–H and O–H groups in total. The number of nitrogens with zero attached hydrogens (tertiary/aromatic N) is 3. The highest BCUT2D eigenvalue weighted by Gasteiger charge is 2.26. The predicted molar refractivity (Wildman–Crippen MR) is 124 cm³/mol. The summed E-state index contributed by atoms with van der Waals surface area (Å²) in [5.74, 6) is -0.171. The van der Waals surface area contributed by atoms with Crippen molar-refractivity contribution < 1.29 is 22.7 Å². The molecule has 1 aromatic heterocycles. The minimum atomic E-state index is -3.89. The largest absolute Gasteiger partial charge is 0.453 e. The number of nitrogens with one attached hydrogen (secondary N) is 1. The number of carbonyl (C=O) groups is 2. The van der Waals surface area contributed by atoms with Gasteiger partial charge in [-0.3, -0.25) is 14.5 Å². The number of carbonyl (C=O) groups excluding carboxylic acids is 2. The molecule has 0 saturated carbocycles. The van der Waals surface area contributed by atoms with Crippen LogP contribution in [0, 0.1) is 6.92 Å². The van der Waals surface area contributed by atoms with E-state index in [1.807, 2.05) is 0 Å². The van der Waals surface area contributed by atoms with Crippen LogP contribution in [0.5, 0.6) is 0 Å². The number of sulfonamides is 1. The van der Waals surface area contributed by atoms with Gasteiger partial charge in [-0.05, 0) is 42.8 Å². The molecule has 1 saturated heterocycles. The van der Waals surface area contributed by atoms with Crippen LogP contribution in [-0.2, 0) is 14.8 Å². The topological polar surface area (TPSA) is 109 Å². The molecule has 0 aliphatic carbocycles. The van der Waals surface area contributed by atoms with Crippen LogP contribution in [0.1, 0.15) is 15.9 Å². The van der Waals surface area contributed by atoms with Gasteiger partial charge in [-0.2, -0.15) is 0 Å². The molecule has 0 bridgehead atoms. The molecule has 0 atom stereocenters. The summed E-state index contributed by atoms with van der Waals surface area (Å²) in [4.78, 5) is 32.1. The number of methoxy groups -OCH3 is 1. The normalized spacial score (nSPS) is 14.2. The van der Waals surface area contributed by atoms with E-state index in [2.05, 4.69) is 9.71 Å². The van der Waals surface area contributed by atoms with Crippen LogP contribution in [0.4, 0.5) is 10.5 Å². The molecule has 1 fully saturated rings. The number of amides is 2. The Morgan fingerprint density at radius 3 is 2.39 bits per heavy atom. The Kier molecular flexibility index (Phi) is 6.19. The van der Waals surface area contributed by atoms with Gasteiger partial charge in [-0.15, -0.1) is 0 Å². The van der Waals surface area contributed by atoms with Crippen molar-refractivity contribution in [3.63, 3.8) is 0 Å². The maximum Gasteiger partial charge on any atom is 0.409 e. The summed E-state index contributed by atoms with van der Waals surface area (Å²) in [5, 5.41) is 0.727. The number of piperazine rings is 1. The fourth-order valence-electron chi connectivity index (χ4n) is 3.81. The SMILES string of the molecule is COC(=O)N1CCN(C(=O)c2ccc(NS(=O)(=O)c3cccc4cccnc34)c(C)c2)CC1. The highest BCUT2D eigenvalue weighted by atomic mass is 32.2. The smallest absolute Gasteiger partial charge is 0.409 e. The van der Waals surface area contributed by atoms with Crippen molar-refractivity contribution in [2.75, 3.05) is 38.0 Å². The number of benzene rings is 2. The Labute approximate surface area is 192 Å². The summed E-state index contributed by atoms with van der Waals surface area (Å²) in [6.07, 6.45) is 1.15. The average molecular weight is 469 g/mol. The van der Waals surface area contributed by atoms with Crippen LogP contribution in [0.2, 0.25) is 0 Å². The number of para-hydroxylation sites is 1. The summed E-state index contributed by atoms with van der Waals surface area (Å²) < 4.78 is 33.5. The number of aromatic nitrogens is 1. The Hall–Kier alpha value is -3.66. The molecule has 33 heavy (non-hydrogen) atoms. The van der Waals surface area contributed by atoms with E-state index in [0.29, 0.717) is 48.5 Å². The monoisotopic (exact) mass is 468 g/mol. The van der Waals surface area contributed by atoms with E-state index in [9.17, 15) is 18.0 Å². The van der Waals surface area contributed by atoms with E-state index in [1.54, 1.807) is 65.4 Å². The first-order chi connectivity index (χ1) is 15.8. The summed E-state index contributed by atoms with van der Waals surface area (Å²) >= 11 is 0. The van der Waals surface area contributed by atoms with E-state index in [4.69, 9.17) is 4.74 Å². The Morgan fingerprint density at radius 2 is 1.70 bits per heavy atom. The van der Waals surface area contributed by atoms with Gasteiger partial charge in [0.25, 0.3) is 15.9 Å². The second kappa shape index (κ2) is 9.07. The number of pyridine rings is 1. The van der Waals surface area contributed by atoms with E-state index in [1.165, 1.54) is 13.2 Å². The first kappa shape index (κ1) is 22.5. The maximum absolute atomic E-state index is 13.1. The van der Waals surface area contributed by atoms with Crippen molar-refractivity contribution in [1.29, 1.82) is 0 Å². The van der Waals surface area contributed by atoms with Gasteiger partial charge in [-0.1, -0.05) is 18.2 Å². The first-order valence-corrected chi connectivity index (χ1v) is 11.9. The van der Waals surface area contributed by atoms with Gasteiger partial charge in [0.1, 0.15) is 4.90 Å². The van der Waals surface area contributed by atoms with E-state index < -0.39 is 16.1 Å². The van der Waals surface area contributed by atoms with E-state index in [0.717, 1.165) is 5.39 Å². The molecule has 10 heteroatoms. The number of hydrogen-bond donors (Lipinski definition) is 1. The second-order valence-electron chi connectivity index (χ2n) is 7.72. The molecule has 0 spiro atoms. The number of hydrogen-bond acceptors (Lipinski definition) is 6. The molecule has 0 radical (unpaired) electrons. The summed E-state index contributed by atoms with van der Waals surface area (Å²) in [6, 6.07) is 13.4. The molecule has 172 valence electrons. The summed E-state index contributed by atoms with van der Waals surface area (Å²) in [5.41, 5.74) is 1.85. The van der Waals surface area contributed by atoms with Gasteiger partial charge in [0, 0.05) is 43.3 Å². The summed E-state index contributed by atoms with van der Waals surface area (Å²) in [6.45, 7) is 3.33. The standard InChI is InChI=1S/C23H24N4O5S/c1-16-15-18(22(28)26-11-13-27(14-12-26)23(29)32-2)8-9-19(16)25-33(30,31)20-7-3-5-17-6-4-10-24-21(17)20/h3-10,15,25H,11-14H2,1-2H3. The molecular weight excluding hydrogens is 444 g/mol. The Balaban J connectivity index is 1.51.